The first kappa shape index (κ1) is 22.7. The standard InChI is InChI=1S/C30H37BO/c1-18(2)22-13-14-27-29(17-22)32-28-12-10-9-11-26(28)31(27)30-24(20(5)6)15-23(19(3)4)16-25(30)21(7)8/h9-21H,1-8H3. The lowest BCUT2D eigenvalue weighted by Gasteiger charge is -2.32. The van der Waals surface area contributed by atoms with Gasteiger partial charge in [-0.1, -0.05) is 103 Å². The number of fused-ring (bicyclic) bond motifs is 2. The van der Waals surface area contributed by atoms with Crippen LogP contribution in [-0.4, -0.2) is 6.71 Å². The number of para-hydroxylation sites is 1. The smallest absolute Gasteiger partial charge is 0.251 e. The summed E-state index contributed by atoms with van der Waals surface area (Å²) in [6, 6.07) is 20.4. The van der Waals surface area contributed by atoms with Crippen LogP contribution in [0.5, 0.6) is 11.5 Å². The van der Waals surface area contributed by atoms with E-state index in [-0.39, 0.29) is 6.71 Å². The van der Waals surface area contributed by atoms with E-state index >= 15 is 0 Å². The molecule has 0 saturated heterocycles. The van der Waals surface area contributed by atoms with Gasteiger partial charge in [-0.05, 0) is 69.0 Å². The van der Waals surface area contributed by atoms with Gasteiger partial charge in [0.05, 0.1) is 0 Å². The summed E-state index contributed by atoms with van der Waals surface area (Å²) in [5.74, 6) is 3.90. The van der Waals surface area contributed by atoms with Gasteiger partial charge in [-0.15, -0.1) is 0 Å². The number of rotatable bonds is 5. The molecule has 3 aromatic carbocycles. The summed E-state index contributed by atoms with van der Waals surface area (Å²) in [7, 11) is 0. The van der Waals surface area contributed by atoms with Crippen LogP contribution in [0.15, 0.2) is 54.6 Å². The largest absolute Gasteiger partial charge is 0.458 e. The van der Waals surface area contributed by atoms with E-state index in [0.717, 1.165) is 11.5 Å². The zero-order valence-corrected chi connectivity index (χ0v) is 21.0. The van der Waals surface area contributed by atoms with Gasteiger partial charge in [0.15, 0.2) is 0 Å². The zero-order valence-electron chi connectivity index (χ0n) is 21.0. The molecule has 0 aromatic heterocycles. The molecular formula is C30H37BO. The fraction of sp³-hybridized carbons (Fsp3) is 0.400. The normalized spacial score (nSPS) is 13.1. The Hall–Kier alpha value is -2.48. The predicted molar refractivity (Wildman–Crippen MR) is 140 cm³/mol. The molecule has 1 aliphatic rings. The van der Waals surface area contributed by atoms with Gasteiger partial charge in [-0.2, -0.15) is 0 Å². The molecule has 3 aromatic rings. The first-order valence-electron chi connectivity index (χ1n) is 12.3. The maximum atomic E-state index is 6.48. The second-order valence-electron chi connectivity index (χ2n) is 10.6. The Balaban J connectivity index is 2.05. The molecule has 1 heterocycles. The molecule has 0 radical (unpaired) electrons. The summed E-state index contributed by atoms with van der Waals surface area (Å²) in [4.78, 5) is 0. The number of hydrogen-bond acceptors (Lipinski definition) is 1. The highest BCUT2D eigenvalue weighted by Crippen LogP contribution is 2.31. The molecule has 0 atom stereocenters. The lowest BCUT2D eigenvalue weighted by molar-refractivity contribution is 0.486. The molecule has 0 spiro atoms. The summed E-state index contributed by atoms with van der Waals surface area (Å²) in [6.45, 7) is 18.6. The average molecular weight is 424 g/mol. The van der Waals surface area contributed by atoms with Crippen LogP contribution in [0.2, 0.25) is 0 Å². The van der Waals surface area contributed by atoms with Crippen molar-refractivity contribution in [1.29, 1.82) is 0 Å². The van der Waals surface area contributed by atoms with Crippen molar-refractivity contribution in [1.82, 2.24) is 0 Å². The van der Waals surface area contributed by atoms with Crippen molar-refractivity contribution in [2.45, 2.75) is 79.1 Å². The Morgan fingerprint density at radius 2 is 1.12 bits per heavy atom. The van der Waals surface area contributed by atoms with Gasteiger partial charge in [0.2, 0.25) is 0 Å². The monoisotopic (exact) mass is 424 g/mol. The number of hydrogen-bond donors (Lipinski definition) is 0. The average Bonchev–Trinajstić information content (AvgIpc) is 2.75. The van der Waals surface area contributed by atoms with Crippen LogP contribution < -0.4 is 21.1 Å². The molecule has 2 heteroatoms. The Labute approximate surface area is 195 Å². The molecule has 32 heavy (non-hydrogen) atoms. The minimum Gasteiger partial charge on any atom is -0.458 e. The Kier molecular flexibility index (Phi) is 6.25. The molecule has 1 aliphatic heterocycles. The van der Waals surface area contributed by atoms with Crippen LogP contribution in [0.1, 0.15) is 101 Å². The molecular weight excluding hydrogens is 387 g/mol. The van der Waals surface area contributed by atoms with Crippen molar-refractivity contribution in [3.05, 3.63) is 76.9 Å². The third-order valence-electron chi connectivity index (χ3n) is 6.93. The van der Waals surface area contributed by atoms with Crippen molar-refractivity contribution in [2.75, 3.05) is 0 Å². The second kappa shape index (κ2) is 8.81. The third kappa shape index (κ3) is 4.01. The number of benzene rings is 3. The summed E-state index contributed by atoms with van der Waals surface area (Å²) in [5.41, 5.74) is 9.75. The quantitative estimate of drug-likeness (QED) is 0.320. The third-order valence-corrected chi connectivity index (χ3v) is 6.93. The van der Waals surface area contributed by atoms with E-state index in [0.29, 0.717) is 23.7 Å². The highest BCUT2D eigenvalue weighted by molar-refractivity contribution is 6.97. The van der Waals surface area contributed by atoms with Crippen LogP contribution in [-0.2, 0) is 0 Å². The van der Waals surface area contributed by atoms with Crippen molar-refractivity contribution in [3.63, 3.8) is 0 Å². The van der Waals surface area contributed by atoms with Gasteiger partial charge < -0.3 is 4.74 Å². The molecule has 0 aliphatic carbocycles. The SMILES string of the molecule is CC(C)c1ccc2c(c1)Oc1ccccc1B2c1c(C(C)C)cc(C(C)C)cc1C(C)C. The molecule has 0 saturated carbocycles. The highest BCUT2D eigenvalue weighted by atomic mass is 16.5. The fourth-order valence-corrected chi connectivity index (χ4v) is 4.99. The van der Waals surface area contributed by atoms with Gasteiger partial charge in [0, 0.05) is 0 Å². The van der Waals surface area contributed by atoms with Gasteiger partial charge in [0.1, 0.15) is 11.5 Å². The van der Waals surface area contributed by atoms with E-state index in [2.05, 4.69) is 110 Å². The second-order valence-corrected chi connectivity index (χ2v) is 10.6. The molecule has 0 amide bonds. The Bertz CT molecular complexity index is 1090. The molecule has 0 fully saturated rings. The maximum Gasteiger partial charge on any atom is 0.251 e. The van der Waals surface area contributed by atoms with E-state index in [9.17, 15) is 0 Å². The Morgan fingerprint density at radius 3 is 1.69 bits per heavy atom. The van der Waals surface area contributed by atoms with Gasteiger partial charge in [-0.25, -0.2) is 0 Å². The molecule has 1 nitrogen and oxygen atoms in total. The predicted octanol–water partition coefficient (Wildman–Crippen LogP) is 6.80. The van der Waals surface area contributed by atoms with Crippen molar-refractivity contribution >= 4 is 23.1 Å². The van der Waals surface area contributed by atoms with E-state index in [1.807, 2.05) is 0 Å². The number of ether oxygens (including phenoxy) is 1. The zero-order chi connectivity index (χ0) is 23.2. The fourth-order valence-electron chi connectivity index (χ4n) is 4.99. The maximum absolute atomic E-state index is 6.48. The molecule has 4 rings (SSSR count). The highest BCUT2D eigenvalue weighted by Gasteiger charge is 2.36. The first-order valence-corrected chi connectivity index (χ1v) is 12.3. The van der Waals surface area contributed by atoms with E-state index in [4.69, 9.17) is 4.74 Å². The summed E-state index contributed by atoms with van der Waals surface area (Å²) in [5, 5.41) is 0. The lowest BCUT2D eigenvalue weighted by Crippen LogP contribution is -2.57. The van der Waals surface area contributed by atoms with E-state index in [1.165, 1.54) is 38.6 Å². The summed E-state index contributed by atoms with van der Waals surface area (Å²) >= 11 is 0. The minimum atomic E-state index is 0.187. The van der Waals surface area contributed by atoms with Gasteiger partial charge in [-0.3, -0.25) is 0 Å². The minimum absolute atomic E-state index is 0.187. The molecule has 166 valence electrons. The summed E-state index contributed by atoms with van der Waals surface area (Å²) < 4.78 is 6.48. The molecule has 0 unspecified atom stereocenters. The van der Waals surface area contributed by atoms with Gasteiger partial charge in [0.25, 0.3) is 6.71 Å². The van der Waals surface area contributed by atoms with Crippen molar-refractivity contribution in [3.8, 4) is 11.5 Å². The van der Waals surface area contributed by atoms with Gasteiger partial charge >= 0.3 is 0 Å². The van der Waals surface area contributed by atoms with Crippen molar-refractivity contribution in [2.24, 2.45) is 0 Å². The van der Waals surface area contributed by atoms with Crippen LogP contribution in [0.4, 0.5) is 0 Å². The topological polar surface area (TPSA) is 9.23 Å². The molecule has 0 N–H and O–H groups in total. The van der Waals surface area contributed by atoms with E-state index < -0.39 is 0 Å². The van der Waals surface area contributed by atoms with Crippen LogP contribution in [0.3, 0.4) is 0 Å². The van der Waals surface area contributed by atoms with Crippen LogP contribution in [0.25, 0.3) is 0 Å². The van der Waals surface area contributed by atoms with Crippen LogP contribution >= 0.6 is 0 Å². The molecule has 0 bridgehead atoms. The first-order chi connectivity index (χ1) is 15.2. The van der Waals surface area contributed by atoms with Crippen LogP contribution in [0, 0.1) is 0 Å². The summed E-state index contributed by atoms with van der Waals surface area (Å²) in [6.07, 6.45) is 0. The van der Waals surface area contributed by atoms with E-state index in [1.54, 1.807) is 0 Å². The lowest BCUT2D eigenvalue weighted by atomic mass is 9.34. The Morgan fingerprint density at radius 1 is 0.562 bits per heavy atom. The van der Waals surface area contributed by atoms with Crippen molar-refractivity contribution < 1.29 is 4.74 Å².